The largest absolute Gasteiger partial charge is 0.478 e. The van der Waals surface area contributed by atoms with Crippen LogP contribution in [0.5, 0.6) is 0 Å². The highest BCUT2D eigenvalue weighted by atomic mass is 79.9. The molecule has 0 aromatic heterocycles. The van der Waals surface area contributed by atoms with Gasteiger partial charge in [0, 0.05) is 36.4 Å². The van der Waals surface area contributed by atoms with Crippen LogP contribution in [-0.4, -0.2) is 37.9 Å². The zero-order chi connectivity index (χ0) is 15.2. The van der Waals surface area contributed by atoms with Crippen LogP contribution in [0.4, 0.5) is 5.69 Å². The van der Waals surface area contributed by atoms with Gasteiger partial charge < -0.3 is 14.7 Å². The Labute approximate surface area is 132 Å². The highest BCUT2D eigenvalue weighted by Crippen LogP contribution is 2.28. The molecule has 0 amide bonds. The lowest BCUT2D eigenvalue weighted by molar-refractivity contribution is -0.131. The van der Waals surface area contributed by atoms with Crippen molar-refractivity contribution in [1.29, 1.82) is 0 Å². The molecule has 4 nitrogen and oxygen atoms in total. The summed E-state index contributed by atoms with van der Waals surface area (Å²) in [7, 11) is 1.70. The first-order chi connectivity index (χ1) is 10.1. The number of benzene rings is 1. The molecule has 0 fully saturated rings. The van der Waals surface area contributed by atoms with E-state index in [1.54, 1.807) is 13.2 Å². The van der Waals surface area contributed by atoms with Gasteiger partial charge >= 0.3 is 5.97 Å². The zero-order valence-corrected chi connectivity index (χ0v) is 13.5. The summed E-state index contributed by atoms with van der Waals surface area (Å²) in [4.78, 5) is 13.0. The summed E-state index contributed by atoms with van der Waals surface area (Å²) in [6.07, 6.45) is 5.95. The molecular formula is C16H18BrNO3. The molecule has 1 N–H and O–H groups in total. The number of aliphatic carboxylic acids is 1. The van der Waals surface area contributed by atoms with E-state index in [4.69, 9.17) is 9.84 Å². The van der Waals surface area contributed by atoms with E-state index in [-0.39, 0.29) is 0 Å². The third kappa shape index (κ3) is 4.44. The number of methoxy groups -OCH3 is 1. The standard InChI is InChI=1S/C16H18BrNO3/c1-21-11-12-6-8-18(9-7-12)15-10-14(17)4-2-13(15)3-5-16(19)20/h2-6,10H,7-9,11H2,1H3,(H,19,20)/b5-3+. The molecule has 0 unspecified atom stereocenters. The summed E-state index contributed by atoms with van der Waals surface area (Å²) < 4.78 is 6.14. The summed E-state index contributed by atoms with van der Waals surface area (Å²) in [6.45, 7) is 2.39. The Hall–Kier alpha value is -1.59. The molecule has 0 saturated carbocycles. The first-order valence-corrected chi connectivity index (χ1v) is 7.52. The van der Waals surface area contributed by atoms with E-state index < -0.39 is 5.97 Å². The van der Waals surface area contributed by atoms with Gasteiger partial charge in [0.2, 0.25) is 0 Å². The lowest BCUT2D eigenvalue weighted by Gasteiger charge is -2.29. The molecule has 1 aromatic rings. The predicted molar refractivity (Wildman–Crippen MR) is 87.6 cm³/mol. The number of ether oxygens (including phenoxy) is 1. The normalized spacial score (nSPS) is 15.3. The van der Waals surface area contributed by atoms with Gasteiger partial charge in [-0.05, 0) is 35.8 Å². The monoisotopic (exact) mass is 351 g/mol. The van der Waals surface area contributed by atoms with Crippen LogP contribution in [0, 0.1) is 0 Å². The Balaban J connectivity index is 2.23. The Morgan fingerprint density at radius 2 is 2.33 bits per heavy atom. The number of carboxylic acids is 1. The van der Waals surface area contributed by atoms with E-state index in [1.807, 2.05) is 18.2 Å². The molecule has 5 heteroatoms. The smallest absolute Gasteiger partial charge is 0.328 e. The van der Waals surface area contributed by atoms with E-state index in [0.717, 1.165) is 35.2 Å². The quantitative estimate of drug-likeness (QED) is 0.652. The van der Waals surface area contributed by atoms with E-state index in [0.29, 0.717) is 6.61 Å². The van der Waals surface area contributed by atoms with E-state index in [2.05, 4.69) is 26.9 Å². The molecule has 1 aliphatic rings. The highest BCUT2D eigenvalue weighted by molar-refractivity contribution is 9.10. The van der Waals surface area contributed by atoms with Crippen LogP contribution < -0.4 is 4.90 Å². The summed E-state index contributed by atoms with van der Waals surface area (Å²) in [5.74, 6) is -0.940. The van der Waals surface area contributed by atoms with Gasteiger partial charge in [0.25, 0.3) is 0 Å². The molecular weight excluding hydrogens is 334 g/mol. The first-order valence-electron chi connectivity index (χ1n) is 6.72. The fourth-order valence-corrected chi connectivity index (χ4v) is 2.69. The van der Waals surface area contributed by atoms with Crippen molar-refractivity contribution in [2.24, 2.45) is 0 Å². The van der Waals surface area contributed by atoms with Crippen molar-refractivity contribution in [3.8, 4) is 0 Å². The third-order valence-electron chi connectivity index (χ3n) is 3.37. The van der Waals surface area contributed by atoms with E-state index in [1.165, 1.54) is 11.6 Å². The van der Waals surface area contributed by atoms with Crippen LogP contribution in [0.2, 0.25) is 0 Å². The number of hydrogen-bond acceptors (Lipinski definition) is 3. The molecule has 0 spiro atoms. The van der Waals surface area contributed by atoms with Crippen molar-refractivity contribution in [2.75, 3.05) is 31.7 Å². The summed E-state index contributed by atoms with van der Waals surface area (Å²) in [5, 5.41) is 8.79. The molecule has 1 aliphatic heterocycles. The fourth-order valence-electron chi connectivity index (χ4n) is 2.34. The minimum Gasteiger partial charge on any atom is -0.478 e. The van der Waals surface area contributed by atoms with Crippen LogP contribution >= 0.6 is 15.9 Å². The first kappa shape index (κ1) is 15.8. The Morgan fingerprint density at radius 1 is 1.52 bits per heavy atom. The SMILES string of the molecule is COCC1=CCN(c2cc(Br)ccc2/C=C/C(=O)O)CC1. The molecule has 21 heavy (non-hydrogen) atoms. The maximum atomic E-state index is 10.7. The highest BCUT2D eigenvalue weighted by Gasteiger charge is 2.15. The van der Waals surface area contributed by atoms with E-state index in [9.17, 15) is 4.79 Å². The topological polar surface area (TPSA) is 49.8 Å². The second kappa shape index (κ2) is 7.43. The molecule has 0 atom stereocenters. The average molecular weight is 352 g/mol. The molecule has 1 aromatic carbocycles. The number of hydrogen-bond donors (Lipinski definition) is 1. The predicted octanol–water partition coefficient (Wildman–Crippen LogP) is 3.33. The number of rotatable bonds is 5. The maximum Gasteiger partial charge on any atom is 0.328 e. The van der Waals surface area contributed by atoms with Gasteiger partial charge in [-0.1, -0.05) is 28.1 Å². The maximum absolute atomic E-state index is 10.7. The van der Waals surface area contributed by atoms with Gasteiger partial charge in [0.1, 0.15) is 0 Å². The van der Waals surface area contributed by atoms with Crippen LogP contribution in [0.1, 0.15) is 12.0 Å². The summed E-state index contributed by atoms with van der Waals surface area (Å²) in [5.41, 5.74) is 3.25. The number of nitrogens with zero attached hydrogens (tertiary/aromatic N) is 1. The fraction of sp³-hybridized carbons (Fsp3) is 0.312. The molecule has 1 heterocycles. The lowest BCUT2D eigenvalue weighted by atomic mass is 10.1. The molecule has 2 rings (SSSR count). The molecule has 0 aliphatic carbocycles. The molecule has 0 saturated heterocycles. The minimum atomic E-state index is -0.940. The Bertz CT molecular complexity index is 581. The number of anilines is 1. The van der Waals surface area contributed by atoms with Crippen LogP contribution in [-0.2, 0) is 9.53 Å². The van der Waals surface area contributed by atoms with Crippen molar-refractivity contribution in [2.45, 2.75) is 6.42 Å². The van der Waals surface area contributed by atoms with Crippen molar-refractivity contribution < 1.29 is 14.6 Å². The van der Waals surface area contributed by atoms with Gasteiger partial charge in [-0.25, -0.2) is 4.79 Å². The lowest BCUT2D eigenvalue weighted by Crippen LogP contribution is -2.29. The molecule has 0 bridgehead atoms. The second-order valence-electron chi connectivity index (χ2n) is 4.87. The average Bonchev–Trinajstić information content (AvgIpc) is 2.47. The van der Waals surface area contributed by atoms with Gasteiger partial charge in [0.15, 0.2) is 0 Å². The summed E-state index contributed by atoms with van der Waals surface area (Å²) >= 11 is 3.48. The van der Waals surface area contributed by atoms with Crippen molar-refractivity contribution in [3.63, 3.8) is 0 Å². The number of carboxylic acid groups (broad SMARTS) is 1. The number of carbonyl (C=O) groups is 1. The van der Waals surface area contributed by atoms with Gasteiger partial charge in [-0.3, -0.25) is 0 Å². The van der Waals surface area contributed by atoms with E-state index >= 15 is 0 Å². The third-order valence-corrected chi connectivity index (χ3v) is 3.86. The van der Waals surface area contributed by atoms with Crippen LogP contribution in [0.3, 0.4) is 0 Å². The van der Waals surface area contributed by atoms with Crippen molar-refractivity contribution in [1.82, 2.24) is 0 Å². The minimum absolute atomic E-state index is 0.679. The summed E-state index contributed by atoms with van der Waals surface area (Å²) in [6, 6.07) is 5.87. The van der Waals surface area contributed by atoms with Crippen molar-refractivity contribution in [3.05, 3.63) is 46.0 Å². The van der Waals surface area contributed by atoms with Gasteiger partial charge in [-0.2, -0.15) is 0 Å². The van der Waals surface area contributed by atoms with Crippen LogP contribution in [0.25, 0.3) is 6.08 Å². The van der Waals surface area contributed by atoms with Gasteiger partial charge in [-0.15, -0.1) is 0 Å². The number of halogens is 1. The van der Waals surface area contributed by atoms with Gasteiger partial charge in [0.05, 0.1) is 6.61 Å². The van der Waals surface area contributed by atoms with Crippen molar-refractivity contribution >= 4 is 33.7 Å². The molecule has 0 radical (unpaired) electrons. The Morgan fingerprint density at radius 3 is 2.95 bits per heavy atom. The second-order valence-corrected chi connectivity index (χ2v) is 5.78. The Kier molecular flexibility index (Phi) is 5.59. The molecule has 112 valence electrons. The van der Waals surface area contributed by atoms with Crippen LogP contribution in [0.15, 0.2) is 40.4 Å². The zero-order valence-electron chi connectivity index (χ0n) is 11.9.